The van der Waals surface area contributed by atoms with Gasteiger partial charge in [-0.2, -0.15) is 0 Å². The number of nitrogens with one attached hydrogen (secondary N) is 1. The van der Waals surface area contributed by atoms with Gasteiger partial charge in [0.2, 0.25) is 0 Å². The van der Waals surface area contributed by atoms with Gasteiger partial charge in [0.05, 0.1) is 0 Å². The van der Waals surface area contributed by atoms with Crippen molar-refractivity contribution in [2.24, 2.45) is 0 Å². The Morgan fingerprint density at radius 3 is 3.12 bits per heavy atom. The Labute approximate surface area is 96.1 Å². The van der Waals surface area contributed by atoms with Gasteiger partial charge in [0.15, 0.2) is 5.78 Å². The van der Waals surface area contributed by atoms with Gasteiger partial charge in [0.25, 0.3) is 0 Å². The van der Waals surface area contributed by atoms with Crippen molar-refractivity contribution >= 4 is 5.78 Å². The maximum Gasteiger partial charge on any atom is 0.163 e. The van der Waals surface area contributed by atoms with Crippen LogP contribution in [0, 0.1) is 12.3 Å². The van der Waals surface area contributed by atoms with Crippen LogP contribution in [0.2, 0.25) is 0 Å². The van der Waals surface area contributed by atoms with Crippen LogP contribution in [-0.2, 0) is 13.0 Å². The lowest BCUT2D eigenvalue weighted by atomic mass is 9.96. The van der Waals surface area contributed by atoms with Crippen LogP contribution in [-0.4, -0.2) is 12.3 Å². The van der Waals surface area contributed by atoms with Crippen LogP contribution in [0.1, 0.15) is 34.3 Å². The summed E-state index contributed by atoms with van der Waals surface area (Å²) in [5.74, 6) is 2.64. The van der Waals surface area contributed by atoms with Crippen LogP contribution < -0.4 is 5.32 Å². The predicted octanol–water partition coefficient (Wildman–Crippen LogP) is 1.93. The molecule has 0 saturated carbocycles. The zero-order valence-corrected chi connectivity index (χ0v) is 9.25. The lowest BCUT2D eigenvalue weighted by molar-refractivity contribution is 0.0984. The number of hydrogen-bond acceptors (Lipinski definition) is 2. The van der Waals surface area contributed by atoms with E-state index in [1.54, 1.807) is 0 Å². The van der Waals surface area contributed by atoms with Crippen molar-refractivity contribution in [2.75, 3.05) is 6.54 Å². The third-order valence-corrected chi connectivity index (χ3v) is 2.91. The molecule has 16 heavy (non-hydrogen) atoms. The summed E-state index contributed by atoms with van der Waals surface area (Å²) in [6.07, 6.45) is 7.17. The first-order valence-electron chi connectivity index (χ1n) is 5.60. The molecular weight excluding hydrogens is 198 g/mol. The molecule has 1 aliphatic rings. The maximum absolute atomic E-state index is 11.8. The highest BCUT2D eigenvalue weighted by Gasteiger charge is 2.11. The summed E-state index contributed by atoms with van der Waals surface area (Å²) in [4.78, 5) is 11.8. The van der Waals surface area contributed by atoms with E-state index in [0.29, 0.717) is 12.8 Å². The first-order valence-corrected chi connectivity index (χ1v) is 5.60. The van der Waals surface area contributed by atoms with Crippen molar-refractivity contribution < 1.29 is 4.79 Å². The average molecular weight is 213 g/mol. The van der Waals surface area contributed by atoms with E-state index < -0.39 is 0 Å². The van der Waals surface area contributed by atoms with E-state index in [1.807, 2.05) is 12.1 Å². The van der Waals surface area contributed by atoms with Crippen LogP contribution in [0.25, 0.3) is 0 Å². The molecule has 0 aliphatic carbocycles. The van der Waals surface area contributed by atoms with Crippen LogP contribution >= 0.6 is 0 Å². The average Bonchev–Trinajstić information content (AvgIpc) is 2.35. The second kappa shape index (κ2) is 4.96. The van der Waals surface area contributed by atoms with Crippen molar-refractivity contribution in [3.8, 4) is 12.3 Å². The Kier molecular flexibility index (Phi) is 3.38. The van der Waals surface area contributed by atoms with Gasteiger partial charge in [0.1, 0.15) is 0 Å². The fourth-order valence-electron chi connectivity index (χ4n) is 1.98. The molecule has 0 atom stereocenters. The van der Waals surface area contributed by atoms with Gasteiger partial charge in [0, 0.05) is 24.9 Å². The van der Waals surface area contributed by atoms with Gasteiger partial charge in [-0.1, -0.05) is 12.1 Å². The lowest BCUT2D eigenvalue weighted by Gasteiger charge is -2.17. The number of terminal acetylenes is 1. The summed E-state index contributed by atoms with van der Waals surface area (Å²) < 4.78 is 0. The van der Waals surface area contributed by atoms with E-state index in [0.717, 1.165) is 25.1 Å². The van der Waals surface area contributed by atoms with Crippen molar-refractivity contribution in [1.29, 1.82) is 0 Å². The minimum absolute atomic E-state index is 0.145. The molecule has 0 bridgehead atoms. The number of rotatable bonds is 3. The molecule has 0 radical (unpaired) electrons. The summed E-state index contributed by atoms with van der Waals surface area (Å²) in [5.41, 5.74) is 3.39. The first-order chi connectivity index (χ1) is 7.81. The van der Waals surface area contributed by atoms with E-state index in [2.05, 4.69) is 17.3 Å². The topological polar surface area (TPSA) is 29.1 Å². The summed E-state index contributed by atoms with van der Waals surface area (Å²) >= 11 is 0. The smallest absolute Gasteiger partial charge is 0.163 e. The number of hydrogen-bond donors (Lipinski definition) is 1. The fourth-order valence-corrected chi connectivity index (χ4v) is 1.98. The van der Waals surface area contributed by atoms with E-state index in [1.165, 1.54) is 11.1 Å². The quantitative estimate of drug-likeness (QED) is 0.614. The molecule has 1 aliphatic heterocycles. The van der Waals surface area contributed by atoms with Crippen molar-refractivity contribution in [3.63, 3.8) is 0 Å². The Morgan fingerprint density at radius 1 is 1.44 bits per heavy atom. The molecule has 0 fully saturated rings. The third kappa shape index (κ3) is 2.32. The maximum atomic E-state index is 11.8. The second-order valence-electron chi connectivity index (χ2n) is 4.04. The minimum Gasteiger partial charge on any atom is -0.312 e. The third-order valence-electron chi connectivity index (χ3n) is 2.91. The molecule has 0 spiro atoms. The molecule has 2 rings (SSSR count). The van der Waals surface area contributed by atoms with E-state index >= 15 is 0 Å². The van der Waals surface area contributed by atoms with Gasteiger partial charge in [-0.3, -0.25) is 4.79 Å². The van der Waals surface area contributed by atoms with E-state index in [9.17, 15) is 4.79 Å². The number of ketones is 1. The predicted molar refractivity (Wildman–Crippen MR) is 64.3 cm³/mol. The second-order valence-corrected chi connectivity index (χ2v) is 4.04. The van der Waals surface area contributed by atoms with Gasteiger partial charge in [-0.05, 0) is 30.2 Å². The highest BCUT2D eigenvalue weighted by atomic mass is 16.1. The highest BCUT2D eigenvalue weighted by Crippen LogP contribution is 2.17. The van der Waals surface area contributed by atoms with Gasteiger partial charge >= 0.3 is 0 Å². The summed E-state index contributed by atoms with van der Waals surface area (Å²) in [5, 5.41) is 3.31. The van der Waals surface area contributed by atoms with Gasteiger partial charge in [-0.15, -0.1) is 12.3 Å². The van der Waals surface area contributed by atoms with Crippen molar-refractivity contribution in [3.05, 3.63) is 34.9 Å². The van der Waals surface area contributed by atoms with E-state index in [4.69, 9.17) is 6.42 Å². The van der Waals surface area contributed by atoms with Crippen LogP contribution in [0.5, 0.6) is 0 Å². The molecule has 0 unspecified atom stereocenters. The molecule has 1 heterocycles. The summed E-state index contributed by atoms with van der Waals surface area (Å²) in [7, 11) is 0. The standard InChI is InChI=1S/C14H15NO/c1-2-3-4-14(16)12-6-5-11-7-8-15-10-13(11)9-12/h1,5-6,9,15H,3-4,7-8,10H2. The van der Waals surface area contributed by atoms with E-state index in [-0.39, 0.29) is 5.78 Å². The molecule has 0 saturated heterocycles. The van der Waals surface area contributed by atoms with Crippen molar-refractivity contribution in [1.82, 2.24) is 5.32 Å². The normalized spacial score (nSPS) is 13.9. The highest BCUT2D eigenvalue weighted by molar-refractivity contribution is 5.96. The Morgan fingerprint density at radius 2 is 2.31 bits per heavy atom. The Balaban J connectivity index is 2.17. The molecule has 0 aromatic heterocycles. The largest absolute Gasteiger partial charge is 0.312 e. The lowest BCUT2D eigenvalue weighted by Crippen LogP contribution is -2.23. The molecule has 2 nitrogen and oxygen atoms in total. The zero-order chi connectivity index (χ0) is 11.4. The molecule has 82 valence electrons. The number of benzene rings is 1. The van der Waals surface area contributed by atoms with Gasteiger partial charge in [-0.25, -0.2) is 0 Å². The first kappa shape index (κ1) is 10.9. The van der Waals surface area contributed by atoms with Gasteiger partial charge < -0.3 is 5.32 Å². The molecule has 0 amide bonds. The van der Waals surface area contributed by atoms with Crippen LogP contribution in [0.3, 0.4) is 0 Å². The van der Waals surface area contributed by atoms with Crippen LogP contribution in [0.15, 0.2) is 18.2 Å². The molecule has 1 aromatic carbocycles. The summed E-state index contributed by atoms with van der Waals surface area (Å²) in [6.45, 7) is 1.89. The number of fused-ring (bicyclic) bond motifs is 1. The molecule has 1 aromatic rings. The molecular formula is C14H15NO. The number of carbonyl (C=O) groups is 1. The molecule has 1 N–H and O–H groups in total. The minimum atomic E-state index is 0.145. The number of carbonyl (C=O) groups excluding carboxylic acids is 1. The molecule has 2 heteroatoms. The fraction of sp³-hybridized carbons (Fsp3) is 0.357. The number of Topliss-reactive ketones (excluding diaryl/α,β-unsaturated/α-hetero) is 1. The summed E-state index contributed by atoms with van der Waals surface area (Å²) in [6, 6.07) is 5.99. The van der Waals surface area contributed by atoms with Crippen molar-refractivity contribution in [2.45, 2.75) is 25.8 Å². The SMILES string of the molecule is C#CCCC(=O)c1ccc2c(c1)CNCC2. The Bertz CT molecular complexity index is 443. The monoisotopic (exact) mass is 213 g/mol. The van der Waals surface area contributed by atoms with Crippen LogP contribution in [0.4, 0.5) is 0 Å². The zero-order valence-electron chi connectivity index (χ0n) is 9.25. The Hall–Kier alpha value is -1.59.